The van der Waals surface area contributed by atoms with Gasteiger partial charge in [-0.1, -0.05) is 6.92 Å². The maximum Gasteiger partial charge on any atom is 0.250 e. The summed E-state index contributed by atoms with van der Waals surface area (Å²) in [6.07, 6.45) is 3.32. The summed E-state index contributed by atoms with van der Waals surface area (Å²) in [5.74, 6) is -0.373. The van der Waals surface area contributed by atoms with E-state index in [-0.39, 0.29) is 44.2 Å². The number of carbonyl (C=O) groups excluding carboxylic acids is 1. The highest BCUT2D eigenvalue weighted by molar-refractivity contribution is 5.95. The maximum atomic E-state index is 12.3. The molecule has 0 saturated heterocycles. The second kappa shape index (κ2) is 6.53. The summed E-state index contributed by atoms with van der Waals surface area (Å²) in [5.41, 5.74) is 12.6. The number of amides is 1. The number of rotatable bonds is 5. The van der Waals surface area contributed by atoms with E-state index in [1.54, 1.807) is 12.2 Å². The van der Waals surface area contributed by atoms with Gasteiger partial charge in [-0.05, 0) is 12.2 Å². The van der Waals surface area contributed by atoms with Gasteiger partial charge in [-0.2, -0.15) is 0 Å². The van der Waals surface area contributed by atoms with Crippen LogP contribution in [-0.4, -0.2) is 53.4 Å². The Hall–Kier alpha value is -1.37. The average molecular weight is 255 g/mol. The molecule has 0 aromatic carbocycles. The topological polar surface area (TPSA) is 113 Å². The maximum absolute atomic E-state index is 12.3. The van der Waals surface area contributed by atoms with Gasteiger partial charge in [0, 0.05) is 36.3 Å². The molecule has 18 heavy (non-hydrogen) atoms. The predicted molar refractivity (Wildman–Crippen MR) is 68.2 cm³/mol. The van der Waals surface area contributed by atoms with Gasteiger partial charge in [0.25, 0.3) is 0 Å². The number of nitrogens with zero attached hydrogens (tertiary/aromatic N) is 1. The van der Waals surface area contributed by atoms with Crippen LogP contribution in [-0.2, 0) is 4.79 Å². The first kappa shape index (κ1) is 14.7. The van der Waals surface area contributed by atoms with Crippen LogP contribution in [0, 0.1) is 5.92 Å². The van der Waals surface area contributed by atoms with Crippen molar-refractivity contribution in [3.8, 4) is 0 Å². The van der Waals surface area contributed by atoms with Gasteiger partial charge in [0.05, 0.1) is 13.2 Å². The number of nitrogens with two attached hydrogens (primary N) is 2. The lowest BCUT2D eigenvalue weighted by Crippen LogP contribution is -2.42. The Labute approximate surface area is 107 Å². The van der Waals surface area contributed by atoms with Crippen molar-refractivity contribution < 1.29 is 15.0 Å². The zero-order chi connectivity index (χ0) is 13.7. The van der Waals surface area contributed by atoms with E-state index in [0.717, 1.165) is 0 Å². The second-order valence-electron chi connectivity index (χ2n) is 4.37. The van der Waals surface area contributed by atoms with Crippen molar-refractivity contribution in [3.05, 3.63) is 23.4 Å². The van der Waals surface area contributed by atoms with E-state index in [4.69, 9.17) is 21.7 Å². The monoisotopic (exact) mass is 255 g/mol. The molecule has 0 aromatic rings. The van der Waals surface area contributed by atoms with Gasteiger partial charge in [0.2, 0.25) is 5.91 Å². The lowest BCUT2D eigenvalue weighted by atomic mass is 9.87. The molecule has 1 aliphatic rings. The zero-order valence-corrected chi connectivity index (χ0v) is 10.5. The zero-order valence-electron chi connectivity index (χ0n) is 10.5. The molecule has 0 radical (unpaired) electrons. The van der Waals surface area contributed by atoms with E-state index >= 15 is 0 Å². The molecule has 0 heterocycles. The Morgan fingerprint density at radius 1 is 1.39 bits per heavy atom. The Morgan fingerprint density at radius 2 is 1.94 bits per heavy atom. The fourth-order valence-electron chi connectivity index (χ4n) is 1.93. The third-order valence-corrected chi connectivity index (χ3v) is 3.05. The van der Waals surface area contributed by atoms with Gasteiger partial charge in [0.15, 0.2) is 0 Å². The summed E-state index contributed by atoms with van der Waals surface area (Å²) in [4.78, 5) is 13.7. The van der Waals surface area contributed by atoms with Crippen molar-refractivity contribution in [2.24, 2.45) is 17.4 Å². The van der Waals surface area contributed by atoms with Gasteiger partial charge in [-0.25, -0.2) is 0 Å². The van der Waals surface area contributed by atoms with Gasteiger partial charge in [-0.3, -0.25) is 4.79 Å². The smallest absolute Gasteiger partial charge is 0.250 e. The quantitative estimate of drug-likeness (QED) is 0.480. The number of carbonyl (C=O) groups is 1. The fraction of sp³-hybridized carbons (Fsp3) is 0.583. The highest BCUT2D eigenvalue weighted by atomic mass is 16.3. The number of hydrogen-bond acceptors (Lipinski definition) is 5. The molecule has 0 aromatic heterocycles. The predicted octanol–water partition coefficient (Wildman–Crippen LogP) is -1.45. The average Bonchev–Trinajstić information content (AvgIpc) is 2.32. The van der Waals surface area contributed by atoms with Crippen LogP contribution in [0.5, 0.6) is 0 Å². The van der Waals surface area contributed by atoms with Crippen molar-refractivity contribution in [1.29, 1.82) is 0 Å². The number of hydrogen-bond donors (Lipinski definition) is 4. The molecule has 1 rings (SSSR count). The van der Waals surface area contributed by atoms with Gasteiger partial charge < -0.3 is 26.6 Å². The van der Waals surface area contributed by atoms with E-state index in [0.29, 0.717) is 11.3 Å². The first-order valence-electron chi connectivity index (χ1n) is 5.96. The lowest BCUT2D eigenvalue weighted by Gasteiger charge is -2.29. The fourth-order valence-corrected chi connectivity index (χ4v) is 1.93. The van der Waals surface area contributed by atoms with Crippen LogP contribution in [0.3, 0.4) is 0 Å². The normalized spacial score (nSPS) is 23.3. The van der Waals surface area contributed by atoms with E-state index in [1.807, 2.05) is 6.92 Å². The molecule has 0 saturated carbocycles. The first-order valence-corrected chi connectivity index (χ1v) is 5.96. The number of aliphatic hydroxyl groups excluding tert-OH is 2. The highest BCUT2D eigenvalue weighted by Gasteiger charge is 2.27. The minimum absolute atomic E-state index is 0.135. The molecule has 1 amide bonds. The molecule has 2 unspecified atom stereocenters. The van der Waals surface area contributed by atoms with Gasteiger partial charge in [-0.15, -0.1) is 0 Å². The van der Waals surface area contributed by atoms with Crippen LogP contribution in [0.2, 0.25) is 0 Å². The molecule has 0 spiro atoms. The summed E-state index contributed by atoms with van der Waals surface area (Å²) < 4.78 is 0. The lowest BCUT2D eigenvalue weighted by molar-refractivity contribution is -0.128. The Bertz CT molecular complexity index is 360. The van der Waals surface area contributed by atoms with Gasteiger partial charge >= 0.3 is 0 Å². The second-order valence-corrected chi connectivity index (χ2v) is 4.37. The number of aliphatic hydroxyl groups is 2. The Kier molecular flexibility index (Phi) is 5.33. The van der Waals surface area contributed by atoms with E-state index in [2.05, 4.69) is 0 Å². The van der Waals surface area contributed by atoms with Crippen molar-refractivity contribution in [2.45, 2.75) is 13.0 Å². The van der Waals surface area contributed by atoms with Crippen molar-refractivity contribution in [2.75, 3.05) is 26.3 Å². The summed E-state index contributed by atoms with van der Waals surface area (Å²) in [6, 6.07) is -0.293. The standard InChI is InChI=1S/C12H21N3O3/c1-8-10(6-9(13)7-11(8)14)12(18)15(2-4-16)3-5-17/h6-8,11,16-17H,2-5,13-14H2,1H3. The Balaban J connectivity index is 2.90. The molecule has 6 nitrogen and oxygen atoms in total. The van der Waals surface area contributed by atoms with E-state index in [9.17, 15) is 4.79 Å². The van der Waals surface area contributed by atoms with Crippen molar-refractivity contribution in [3.63, 3.8) is 0 Å². The Morgan fingerprint density at radius 3 is 2.44 bits per heavy atom. The van der Waals surface area contributed by atoms with Gasteiger partial charge in [0.1, 0.15) is 0 Å². The molecule has 6 heteroatoms. The third kappa shape index (κ3) is 3.32. The van der Waals surface area contributed by atoms with Crippen LogP contribution >= 0.6 is 0 Å². The SMILES string of the molecule is CC1C(C(=O)N(CCO)CCO)=CC(N)=CC1N. The van der Waals surface area contributed by atoms with Crippen LogP contribution in [0.25, 0.3) is 0 Å². The summed E-state index contributed by atoms with van der Waals surface area (Å²) in [5, 5.41) is 17.8. The molecule has 0 fully saturated rings. The molecule has 1 aliphatic carbocycles. The minimum atomic E-state index is -0.293. The molecule has 0 aliphatic heterocycles. The molecule has 102 valence electrons. The van der Waals surface area contributed by atoms with Crippen LogP contribution in [0.4, 0.5) is 0 Å². The molecule has 6 N–H and O–H groups in total. The van der Waals surface area contributed by atoms with Crippen molar-refractivity contribution in [1.82, 2.24) is 4.90 Å². The van der Waals surface area contributed by atoms with Crippen LogP contribution in [0.15, 0.2) is 23.4 Å². The molecule has 0 bridgehead atoms. The summed E-state index contributed by atoms with van der Waals surface area (Å²) in [7, 11) is 0. The number of allylic oxidation sites excluding steroid dienone is 1. The third-order valence-electron chi connectivity index (χ3n) is 3.05. The minimum Gasteiger partial charge on any atom is -0.399 e. The summed E-state index contributed by atoms with van der Waals surface area (Å²) >= 11 is 0. The van der Waals surface area contributed by atoms with Crippen molar-refractivity contribution >= 4 is 5.91 Å². The highest BCUT2D eigenvalue weighted by Crippen LogP contribution is 2.23. The molecule has 2 atom stereocenters. The van der Waals surface area contributed by atoms with Crippen LogP contribution < -0.4 is 11.5 Å². The van der Waals surface area contributed by atoms with E-state index in [1.165, 1.54) is 4.90 Å². The molecular formula is C12H21N3O3. The summed E-state index contributed by atoms with van der Waals surface area (Å²) in [6.45, 7) is 1.92. The van der Waals surface area contributed by atoms with E-state index < -0.39 is 0 Å². The van der Waals surface area contributed by atoms with Crippen LogP contribution in [0.1, 0.15) is 6.92 Å². The first-order chi connectivity index (χ1) is 8.51. The molecular weight excluding hydrogens is 234 g/mol. The largest absolute Gasteiger partial charge is 0.399 e.